The third-order valence-corrected chi connectivity index (χ3v) is 7.55. The molecule has 0 aliphatic carbocycles. The Morgan fingerprint density at radius 3 is 2.31 bits per heavy atom. The molecule has 0 saturated carbocycles. The van der Waals surface area contributed by atoms with E-state index in [0.717, 1.165) is 17.8 Å². The summed E-state index contributed by atoms with van der Waals surface area (Å²) >= 11 is 0. The highest BCUT2D eigenvalue weighted by atomic mass is 19.4. The molecule has 0 spiro atoms. The van der Waals surface area contributed by atoms with Crippen LogP contribution in [0.5, 0.6) is 11.6 Å². The van der Waals surface area contributed by atoms with Crippen molar-refractivity contribution in [3.8, 4) is 11.6 Å². The van der Waals surface area contributed by atoms with Crippen molar-refractivity contribution in [2.45, 2.75) is 58.4 Å². The van der Waals surface area contributed by atoms with Crippen LogP contribution in [0, 0.1) is 0 Å². The SMILES string of the molecule is CC=C1/C(=C\C)N=C(N2CC(C)N(c3ccnc(OC)c3)C(C)C2)N(c2cc(C(F)(F)F)ccc2OC)C1CC(=O)O. The number of rotatable bonds is 6. The number of benzene rings is 1. The molecule has 42 heavy (non-hydrogen) atoms. The van der Waals surface area contributed by atoms with Gasteiger partial charge in [0.25, 0.3) is 0 Å². The van der Waals surface area contributed by atoms with Crippen LogP contribution in [-0.2, 0) is 11.0 Å². The van der Waals surface area contributed by atoms with E-state index in [1.807, 2.05) is 17.0 Å². The normalized spacial score (nSPS) is 23.3. The topological polar surface area (TPSA) is 90.7 Å². The Hall–Kier alpha value is -4.22. The highest BCUT2D eigenvalue weighted by Crippen LogP contribution is 2.42. The predicted octanol–water partition coefficient (Wildman–Crippen LogP) is 5.59. The van der Waals surface area contributed by atoms with Crippen LogP contribution in [0.2, 0.25) is 0 Å². The highest BCUT2D eigenvalue weighted by Gasteiger charge is 2.42. The zero-order chi connectivity index (χ0) is 30.8. The fourth-order valence-electron chi connectivity index (χ4n) is 5.83. The molecule has 1 N–H and O–H groups in total. The molecule has 0 bridgehead atoms. The molecule has 12 heteroatoms. The van der Waals surface area contributed by atoms with E-state index in [-0.39, 0.29) is 29.9 Å². The van der Waals surface area contributed by atoms with E-state index in [0.29, 0.717) is 36.2 Å². The van der Waals surface area contributed by atoms with Gasteiger partial charge in [-0.15, -0.1) is 0 Å². The Bertz CT molecular complexity index is 1400. The Morgan fingerprint density at radius 1 is 1.07 bits per heavy atom. The number of ether oxygens (including phenoxy) is 2. The zero-order valence-corrected chi connectivity index (χ0v) is 24.5. The van der Waals surface area contributed by atoms with Gasteiger partial charge < -0.3 is 29.3 Å². The van der Waals surface area contributed by atoms with Gasteiger partial charge in [0, 0.05) is 43.1 Å². The Labute approximate surface area is 243 Å². The molecule has 1 fully saturated rings. The Balaban J connectivity index is 1.87. The highest BCUT2D eigenvalue weighted by molar-refractivity contribution is 6.02. The molecule has 3 unspecified atom stereocenters. The van der Waals surface area contributed by atoms with E-state index < -0.39 is 23.8 Å². The number of methoxy groups -OCH3 is 2. The first-order valence-electron chi connectivity index (χ1n) is 13.6. The molecule has 3 heterocycles. The second-order valence-electron chi connectivity index (χ2n) is 10.3. The number of halogens is 3. The number of carboxylic acids is 1. The first-order chi connectivity index (χ1) is 19.9. The van der Waals surface area contributed by atoms with Crippen molar-refractivity contribution in [3.63, 3.8) is 0 Å². The average Bonchev–Trinajstić information content (AvgIpc) is 2.95. The number of anilines is 2. The van der Waals surface area contributed by atoms with E-state index in [1.165, 1.54) is 13.2 Å². The van der Waals surface area contributed by atoms with Crippen LogP contribution >= 0.6 is 0 Å². The number of hydrogen-bond donors (Lipinski definition) is 1. The number of allylic oxidation sites excluding steroid dienone is 2. The van der Waals surface area contributed by atoms with Crippen molar-refractivity contribution in [3.05, 3.63) is 65.5 Å². The number of aliphatic carboxylic acids is 1. The smallest absolute Gasteiger partial charge is 0.416 e. The summed E-state index contributed by atoms with van der Waals surface area (Å²) in [6.07, 6.45) is 0.250. The van der Waals surface area contributed by atoms with E-state index in [2.05, 4.69) is 23.7 Å². The number of hydrogen-bond acceptors (Lipinski definition) is 8. The second kappa shape index (κ2) is 12.3. The lowest BCUT2D eigenvalue weighted by Gasteiger charge is -2.50. The van der Waals surface area contributed by atoms with E-state index in [1.54, 1.807) is 44.2 Å². The fourth-order valence-corrected chi connectivity index (χ4v) is 5.83. The summed E-state index contributed by atoms with van der Waals surface area (Å²) in [7, 11) is 2.93. The molecule has 4 rings (SSSR count). The number of alkyl halides is 3. The molecule has 1 aromatic carbocycles. The third kappa shape index (κ3) is 6.02. The summed E-state index contributed by atoms with van der Waals surface area (Å²) in [6, 6.07) is 6.04. The number of guanidine groups is 1. The Kier molecular flexibility index (Phi) is 9.03. The Morgan fingerprint density at radius 2 is 1.76 bits per heavy atom. The molecule has 2 aromatic rings. The molecule has 1 aromatic heterocycles. The van der Waals surface area contributed by atoms with Gasteiger partial charge in [-0.25, -0.2) is 9.98 Å². The number of aliphatic imine (C=N–C) groups is 1. The summed E-state index contributed by atoms with van der Waals surface area (Å²) in [4.78, 5) is 27.1. The van der Waals surface area contributed by atoms with Crippen molar-refractivity contribution < 1.29 is 32.5 Å². The largest absolute Gasteiger partial charge is 0.495 e. The summed E-state index contributed by atoms with van der Waals surface area (Å²) in [5.41, 5.74) is 1.32. The maximum absolute atomic E-state index is 13.9. The van der Waals surface area contributed by atoms with Crippen LogP contribution in [0.3, 0.4) is 0 Å². The van der Waals surface area contributed by atoms with Crippen LogP contribution < -0.4 is 19.3 Å². The fraction of sp³-hybridized carbons (Fsp3) is 0.433. The minimum atomic E-state index is -4.62. The van der Waals surface area contributed by atoms with E-state index in [9.17, 15) is 23.1 Å². The van der Waals surface area contributed by atoms with Crippen LogP contribution in [0.1, 0.15) is 39.7 Å². The number of pyridine rings is 1. The van der Waals surface area contributed by atoms with Gasteiger partial charge in [0.15, 0.2) is 0 Å². The van der Waals surface area contributed by atoms with Crippen molar-refractivity contribution >= 4 is 23.3 Å². The van der Waals surface area contributed by atoms with Gasteiger partial charge in [-0.2, -0.15) is 13.2 Å². The lowest BCUT2D eigenvalue weighted by atomic mass is 9.95. The van der Waals surface area contributed by atoms with Gasteiger partial charge in [0.2, 0.25) is 11.8 Å². The summed E-state index contributed by atoms with van der Waals surface area (Å²) < 4.78 is 52.6. The number of aromatic nitrogens is 1. The molecule has 9 nitrogen and oxygen atoms in total. The van der Waals surface area contributed by atoms with Crippen LogP contribution in [0.15, 0.2) is 64.9 Å². The monoisotopic (exact) mass is 587 g/mol. The van der Waals surface area contributed by atoms with Crippen molar-refractivity contribution in [2.24, 2.45) is 4.99 Å². The quantitative estimate of drug-likeness (QED) is 0.468. The van der Waals surface area contributed by atoms with Gasteiger partial charge in [0.05, 0.1) is 43.6 Å². The minimum absolute atomic E-state index is 0.0519. The molecule has 3 atom stereocenters. The van der Waals surface area contributed by atoms with Gasteiger partial charge in [0.1, 0.15) is 5.75 Å². The first-order valence-corrected chi connectivity index (χ1v) is 13.6. The van der Waals surface area contributed by atoms with Crippen LogP contribution in [0.4, 0.5) is 24.5 Å². The van der Waals surface area contributed by atoms with E-state index >= 15 is 0 Å². The number of nitrogens with zero attached hydrogens (tertiary/aromatic N) is 5. The maximum Gasteiger partial charge on any atom is 0.416 e. The first kappa shape index (κ1) is 30.7. The maximum atomic E-state index is 13.9. The summed E-state index contributed by atoms with van der Waals surface area (Å²) in [6.45, 7) is 8.61. The third-order valence-electron chi connectivity index (χ3n) is 7.55. The number of piperazine rings is 1. The number of carboxylic acid groups (broad SMARTS) is 1. The lowest BCUT2D eigenvalue weighted by molar-refractivity contribution is -0.138. The molecular formula is C30H36F3N5O4. The van der Waals surface area contributed by atoms with Crippen LogP contribution in [0.25, 0.3) is 0 Å². The number of carbonyl (C=O) groups is 1. The standard InChI is InChI=1S/C30H36F3N5O4/c1-7-22-23(8-2)35-29(36-16-18(3)37(19(4)17-36)21-11-12-34-27(14-21)42-6)38(24(22)15-28(39)40)25-13-20(30(31,32)33)9-10-26(25)41-5/h7-14,18-19,24H,15-17H2,1-6H3,(H,39,40)/b22-7?,23-8+. The second-order valence-corrected chi connectivity index (χ2v) is 10.3. The molecule has 0 amide bonds. The van der Waals surface area contributed by atoms with E-state index in [4.69, 9.17) is 14.5 Å². The van der Waals surface area contributed by atoms with Gasteiger partial charge >= 0.3 is 12.1 Å². The molecule has 2 aliphatic heterocycles. The van der Waals surface area contributed by atoms with Gasteiger partial charge in [-0.05, 0) is 57.5 Å². The minimum Gasteiger partial charge on any atom is -0.495 e. The molecular weight excluding hydrogens is 551 g/mol. The van der Waals surface area contributed by atoms with Gasteiger partial charge in [-0.1, -0.05) is 12.2 Å². The van der Waals surface area contributed by atoms with Crippen LogP contribution in [-0.4, -0.2) is 72.4 Å². The zero-order valence-electron chi connectivity index (χ0n) is 24.5. The van der Waals surface area contributed by atoms with Crippen molar-refractivity contribution in [1.29, 1.82) is 0 Å². The predicted molar refractivity (Wildman–Crippen MR) is 155 cm³/mol. The molecule has 1 saturated heterocycles. The molecule has 2 aliphatic rings. The van der Waals surface area contributed by atoms with Gasteiger partial charge in [-0.3, -0.25) is 4.79 Å². The molecule has 226 valence electrons. The summed E-state index contributed by atoms with van der Waals surface area (Å²) in [5, 5.41) is 9.94. The lowest BCUT2D eigenvalue weighted by Crippen LogP contribution is -2.63. The van der Waals surface area contributed by atoms with Crippen molar-refractivity contribution in [2.75, 3.05) is 37.1 Å². The average molecular weight is 588 g/mol. The summed E-state index contributed by atoms with van der Waals surface area (Å²) in [5.74, 6) is -0.0653. The molecule has 0 radical (unpaired) electrons. The van der Waals surface area contributed by atoms with Crippen molar-refractivity contribution in [1.82, 2.24) is 9.88 Å².